The first-order chi connectivity index (χ1) is 14.4. The van der Waals surface area contributed by atoms with E-state index >= 15 is 0 Å². The number of para-hydroxylation sites is 1. The maximum absolute atomic E-state index is 12.6. The smallest absolute Gasteiger partial charge is 0.303 e. The van der Waals surface area contributed by atoms with Crippen molar-refractivity contribution >= 4 is 39.9 Å². The number of carbonyl (C=O) groups is 3. The van der Waals surface area contributed by atoms with E-state index in [1.165, 1.54) is 11.3 Å². The average Bonchev–Trinajstić information content (AvgIpc) is 3.01. The third kappa shape index (κ3) is 7.94. The first kappa shape index (κ1) is 23.5. The topological polar surface area (TPSA) is 108 Å². The Kier molecular flexibility index (Phi) is 9.47. The van der Waals surface area contributed by atoms with Crippen molar-refractivity contribution in [3.05, 3.63) is 40.4 Å². The van der Waals surface area contributed by atoms with E-state index in [1.807, 2.05) is 13.8 Å². The van der Waals surface area contributed by atoms with Gasteiger partial charge in [0.2, 0.25) is 5.91 Å². The number of hydrogen-bond acceptors (Lipinski definition) is 5. The highest BCUT2D eigenvalue weighted by Gasteiger charge is 2.15. The van der Waals surface area contributed by atoms with E-state index in [2.05, 4.69) is 15.6 Å². The maximum Gasteiger partial charge on any atom is 0.303 e. The second kappa shape index (κ2) is 12.1. The van der Waals surface area contributed by atoms with Gasteiger partial charge in [0.25, 0.3) is 5.91 Å². The van der Waals surface area contributed by atoms with Crippen molar-refractivity contribution in [2.75, 3.05) is 10.6 Å². The number of nitrogens with zero attached hydrogens (tertiary/aromatic N) is 1. The van der Waals surface area contributed by atoms with Crippen LogP contribution in [0.1, 0.15) is 72.3 Å². The van der Waals surface area contributed by atoms with Gasteiger partial charge in [-0.3, -0.25) is 19.7 Å². The summed E-state index contributed by atoms with van der Waals surface area (Å²) >= 11 is 1.42. The molecule has 30 heavy (non-hydrogen) atoms. The van der Waals surface area contributed by atoms with Crippen molar-refractivity contribution in [3.63, 3.8) is 0 Å². The Balaban J connectivity index is 1.77. The van der Waals surface area contributed by atoms with Crippen molar-refractivity contribution in [3.8, 4) is 0 Å². The molecular weight excluding hydrogens is 402 g/mol. The van der Waals surface area contributed by atoms with E-state index < -0.39 is 5.97 Å². The summed E-state index contributed by atoms with van der Waals surface area (Å²) in [5, 5.41) is 14.8. The summed E-state index contributed by atoms with van der Waals surface area (Å²) in [5.74, 6) is -1.18. The molecule has 0 radical (unpaired) electrons. The zero-order valence-corrected chi connectivity index (χ0v) is 18.3. The van der Waals surface area contributed by atoms with E-state index in [4.69, 9.17) is 5.11 Å². The Bertz CT molecular complexity index is 860. The predicted molar refractivity (Wildman–Crippen MR) is 119 cm³/mol. The number of amides is 2. The van der Waals surface area contributed by atoms with Gasteiger partial charge in [0.05, 0.1) is 16.9 Å². The number of benzene rings is 1. The monoisotopic (exact) mass is 431 g/mol. The number of anilines is 2. The van der Waals surface area contributed by atoms with Crippen LogP contribution in [0, 0.1) is 13.8 Å². The van der Waals surface area contributed by atoms with Crippen molar-refractivity contribution in [2.45, 2.75) is 65.2 Å². The van der Waals surface area contributed by atoms with E-state index in [0.717, 1.165) is 42.7 Å². The van der Waals surface area contributed by atoms with Gasteiger partial charge in [-0.05, 0) is 38.8 Å². The predicted octanol–water partition coefficient (Wildman–Crippen LogP) is 5.16. The molecule has 1 aromatic carbocycles. The number of hydrogen-bond donors (Lipinski definition) is 3. The summed E-state index contributed by atoms with van der Waals surface area (Å²) in [6.07, 6.45) is 5.86. The Labute approximate surface area is 180 Å². The minimum Gasteiger partial charge on any atom is -0.481 e. The number of aryl methyl sites for hydroxylation is 2. The molecule has 1 heterocycles. The average molecular weight is 432 g/mol. The van der Waals surface area contributed by atoms with Crippen LogP contribution in [0.3, 0.4) is 0 Å². The fourth-order valence-corrected chi connectivity index (χ4v) is 3.77. The third-order valence-electron chi connectivity index (χ3n) is 4.74. The Morgan fingerprint density at radius 2 is 1.57 bits per heavy atom. The van der Waals surface area contributed by atoms with Crippen LogP contribution in [-0.2, 0) is 9.59 Å². The van der Waals surface area contributed by atoms with Crippen LogP contribution in [0.2, 0.25) is 0 Å². The van der Waals surface area contributed by atoms with Crippen molar-refractivity contribution in [1.29, 1.82) is 0 Å². The first-order valence-electron chi connectivity index (χ1n) is 10.2. The van der Waals surface area contributed by atoms with Gasteiger partial charge in [0.15, 0.2) is 5.13 Å². The van der Waals surface area contributed by atoms with Crippen molar-refractivity contribution < 1.29 is 19.5 Å². The number of aliphatic carboxylic acids is 1. The number of carbonyl (C=O) groups excluding carboxylic acids is 2. The van der Waals surface area contributed by atoms with Gasteiger partial charge in [-0.2, -0.15) is 0 Å². The van der Waals surface area contributed by atoms with Gasteiger partial charge in [-0.1, -0.05) is 37.8 Å². The standard InChI is InChI=1S/C22H29N3O4S/c1-15-16(2)30-22(23-15)25-21(29)17-11-9-10-12-18(17)24-19(26)13-7-5-3-4-6-8-14-20(27)28/h9-12H,3-8,13-14H2,1-2H3,(H,24,26)(H,27,28)(H,23,25,29). The number of rotatable bonds is 12. The summed E-state index contributed by atoms with van der Waals surface area (Å²) in [5.41, 5.74) is 1.77. The van der Waals surface area contributed by atoms with Crippen molar-refractivity contribution in [1.82, 2.24) is 4.98 Å². The number of nitrogens with one attached hydrogen (secondary N) is 2. The first-order valence-corrected chi connectivity index (χ1v) is 11.0. The summed E-state index contributed by atoms with van der Waals surface area (Å²) in [4.78, 5) is 40.7. The van der Waals surface area contributed by atoms with Gasteiger partial charge in [0, 0.05) is 17.7 Å². The van der Waals surface area contributed by atoms with Crippen LogP contribution in [0.15, 0.2) is 24.3 Å². The van der Waals surface area contributed by atoms with Crippen molar-refractivity contribution in [2.24, 2.45) is 0 Å². The second-order valence-electron chi connectivity index (χ2n) is 7.22. The zero-order chi connectivity index (χ0) is 21.9. The van der Waals surface area contributed by atoms with Gasteiger partial charge < -0.3 is 10.4 Å². The molecule has 2 aromatic rings. The van der Waals surface area contributed by atoms with Crippen LogP contribution in [0.25, 0.3) is 0 Å². The van der Waals surface area contributed by atoms with Gasteiger partial charge >= 0.3 is 5.97 Å². The summed E-state index contributed by atoms with van der Waals surface area (Å²) in [6.45, 7) is 3.85. The molecule has 0 fully saturated rings. The number of thiazole rings is 1. The van der Waals surface area contributed by atoms with Crippen LogP contribution in [0.4, 0.5) is 10.8 Å². The molecule has 0 aliphatic carbocycles. The van der Waals surface area contributed by atoms with Crippen LogP contribution in [-0.4, -0.2) is 27.9 Å². The highest BCUT2D eigenvalue weighted by atomic mass is 32.1. The molecule has 8 heteroatoms. The minimum absolute atomic E-state index is 0.123. The fourth-order valence-electron chi connectivity index (χ4n) is 2.96. The molecule has 7 nitrogen and oxygen atoms in total. The maximum atomic E-state index is 12.6. The second-order valence-corrected chi connectivity index (χ2v) is 8.43. The zero-order valence-electron chi connectivity index (χ0n) is 17.5. The van der Waals surface area contributed by atoms with Gasteiger partial charge in [0.1, 0.15) is 0 Å². The Morgan fingerprint density at radius 1 is 0.933 bits per heavy atom. The molecule has 0 saturated heterocycles. The normalized spacial score (nSPS) is 10.6. The van der Waals surface area contributed by atoms with Gasteiger partial charge in [-0.15, -0.1) is 11.3 Å². The van der Waals surface area contributed by atoms with E-state index in [9.17, 15) is 14.4 Å². The molecule has 2 rings (SSSR count). The lowest BCUT2D eigenvalue weighted by Gasteiger charge is -2.10. The number of aromatic nitrogens is 1. The summed E-state index contributed by atoms with van der Waals surface area (Å²) in [6, 6.07) is 6.93. The molecule has 162 valence electrons. The van der Waals surface area contributed by atoms with E-state index in [0.29, 0.717) is 29.2 Å². The van der Waals surface area contributed by atoms with E-state index in [1.54, 1.807) is 24.3 Å². The number of unbranched alkanes of at least 4 members (excludes halogenated alkanes) is 5. The molecule has 2 amide bonds. The molecule has 0 aliphatic rings. The molecule has 0 unspecified atom stereocenters. The van der Waals surface area contributed by atoms with Crippen LogP contribution in [0.5, 0.6) is 0 Å². The molecule has 0 spiro atoms. The third-order valence-corrected chi connectivity index (χ3v) is 5.73. The lowest BCUT2D eigenvalue weighted by atomic mass is 10.1. The summed E-state index contributed by atoms with van der Waals surface area (Å²) < 4.78 is 0. The van der Waals surface area contributed by atoms with Crippen LogP contribution < -0.4 is 10.6 Å². The number of carboxylic acid groups (broad SMARTS) is 1. The molecule has 0 saturated carbocycles. The molecule has 0 atom stereocenters. The lowest BCUT2D eigenvalue weighted by Crippen LogP contribution is -2.18. The molecule has 0 bridgehead atoms. The van der Waals surface area contributed by atoms with E-state index in [-0.39, 0.29) is 18.2 Å². The molecular formula is C22H29N3O4S. The van der Waals surface area contributed by atoms with Crippen LogP contribution >= 0.6 is 11.3 Å². The highest BCUT2D eigenvalue weighted by Crippen LogP contribution is 2.23. The minimum atomic E-state index is -0.752. The van der Waals surface area contributed by atoms with Gasteiger partial charge in [-0.25, -0.2) is 4.98 Å². The Hall–Kier alpha value is -2.74. The molecule has 1 aromatic heterocycles. The molecule has 3 N–H and O–H groups in total. The fraction of sp³-hybridized carbons (Fsp3) is 0.455. The number of carboxylic acids is 1. The SMILES string of the molecule is Cc1nc(NC(=O)c2ccccc2NC(=O)CCCCCCCCC(=O)O)sc1C. The highest BCUT2D eigenvalue weighted by molar-refractivity contribution is 7.15. The quantitative estimate of drug-likeness (QED) is 0.402. The largest absolute Gasteiger partial charge is 0.481 e. The Morgan fingerprint density at radius 3 is 2.20 bits per heavy atom. The summed E-state index contributed by atoms with van der Waals surface area (Å²) in [7, 11) is 0. The molecule has 0 aliphatic heterocycles. The lowest BCUT2D eigenvalue weighted by molar-refractivity contribution is -0.137.